The van der Waals surface area contributed by atoms with Crippen LogP contribution in [0, 0.1) is 0 Å². The van der Waals surface area contributed by atoms with Crippen LogP contribution in [0.5, 0.6) is 5.75 Å². The summed E-state index contributed by atoms with van der Waals surface area (Å²) in [6.07, 6.45) is 0. The Morgan fingerprint density at radius 1 is 1.27 bits per heavy atom. The van der Waals surface area contributed by atoms with Gasteiger partial charge in [0.05, 0.1) is 5.88 Å². The average Bonchev–Trinajstić information content (AvgIpc) is 2.06. The van der Waals surface area contributed by atoms with Crippen molar-refractivity contribution in [3.8, 4) is 5.75 Å². The molecule has 0 aliphatic heterocycles. The van der Waals surface area contributed by atoms with Crippen LogP contribution in [0.3, 0.4) is 0 Å². The molecular formula is C8H8Cl2O. The first kappa shape index (κ1) is 8.69. The highest BCUT2D eigenvalue weighted by atomic mass is 35.5. The third kappa shape index (κ3) is 3.00. The molecule has 11 heavy (non-hydrogen) atoms. The van der Waals surface area contributed by atoms with E-state index in [-0.39, 0.29) is 5.88 Å². The van der Waals surface area contributed by atoms with Crippen LogP contribution in [0.2, 0.25) is 0 Å². The molecule has 1 nitrogen and oxygen atoms in total. The quantitative estimate of drug-likeness (QED) is 0.667. The summed E-state index contributed by atoms with van der Waals surface area (Å²) in [5.74, 6) is 1.03. The third-order valence-corrected chi connectivity index (χ3v) is 1.81. The van der Waals surface area contributed by atoms with E-state index in [2.05, 4.69) is 0 Å². The second kappa shape index (κ2) is 4.47. The van der Waals surface area contributed by atoms with Gasteiger partial charge in [0.2, 0.25) is 0 Å². The highest BCUT2D eigenvalue weighted by Crippen LogP contribution is 2.12. The zero-order valence-electron chi connectivity index (χ0n) is 5.84. The molecule has 0 aliphatic carbocycles. The monoisotopic (exact) mass is 190 g/mol. The summed E-state index contributed by atoms with van der Waals surface area (Å²) in [5.41, 5.74) is -0.445. The van der Waals surface area contributed by atoms with E-state index in [4.69, 9.17) is 27.9 Å². The molecule has 1 rings (SSSR count). The van der Waals surface area contributed by atoms with E-state index in [1.165, 1.54) is 0 Å². The van der Waals surface area contributed by atoms with Gasteiger partial charge in [0.1, 0.15) is 5.75 Å². The molecule has 0 aliphatic rings. The first-order chi connectivity index (χ1) is 5.33. The van der Waals surface area contributed by atoms with Crippen LogP contribution in [0.1, 0.15) is 0 Å². The van der Waals surface area contributed by atoms with Crippen molar-refractivity contribution >= 4 is 23.2 Å². The molecule has 3 heteroatoms. The first-order valence-corrected chi connectivity index (χ1v) is 4.22. The number of benzene rings is 1. The number of para-hydroxylation sites is 1. The summed E-state index contributed by atoms with van der Waals surface area (Å²) in [5, 5.41) is 0. The van der Waals surface area contributed by atoms with E-state index in [9.17, 15) is 0 Å². The zero-order chi connectivity index (χ0) is 8.10. The summed E-state index contributed by atoms with van der Waals surface area (Å²) in [7, 11) is 0. The minimum atomic E-state index is -0.445. The van der Waals surface area contributed by atoms with E-state index >= 15 is 0 Å². The predicted molar refractivity (Wildman–Crippen MR) is 47.4 cm³/mol. The Balaban J connectivity index is 2.51. The van der Waals surface area contributed by atoms with Crippen LogP contribution in [0.25, 0.3) is 0 Å². The predicted octanol–water partition coefficient (Wildman–Crippen LogP) is 2.87. The number of halogens is 2. The largest absolute Gasteiger partial charge is 0.473 e. The average molecular weight is 191 g/mol. The van der Waals surface area contributed by atoms with Crippen LogP contribution in [-0.2, 0) is 0 Å². The summed E-state index contributed by atoms with van der Waals surface area (Å²) >= 11 is 11.1. The van der Waals surface area contributed by atoms with E-state index < -0.39 is 5.56 Å². The van der Waals surface area contributed by atoms with Crippen LogP contribution in [-0.4, -0.2) is 11.4 Å². The van der Waals surface area contributed by atoms with E-state index in [0.29, 0.717) is 0 Å². The highest BCUT2D eigenvalue weighted by Gasteiger charge is 2.01. The molecular weight excluding hydrogens is 183 g/mol. The molecule has 0 spiro atoms. The molecule has 0 amide bonds. The summed E-state index contributed by atoms with van der Waals surface area (Å²) in [6, 6.07) is 9.35. The molecule has 1 aromatic carbocycles. The molecule has 0 radical (unpaired) electrons. The molecule has 1 unspecified atom stereocenters. The summed E-state index contributed by atoms with van der Waals surface area (Å²) in [4.78, 5) is 0. The molecule has 0 fully saturated rings. The number of rotatable bonds is 3. The molecule has 0 saturated carbocycles. The Kier molecular flexibility index (Phi) is 3.53. The van der Waals surface area contributed by atoms with Crippen LogP contribution < -0.4 is 4.74 Å². The first-order valence-electron chi connectivity index (χ1n) is 3.24. The number of ether oxygens (including phenoxy) is 1. The fourth-order valence-electron chi connectivity index (χ4n) is 0.678. The molecule has 0 bridgehead atoms. The van der Waals surface area contributed by atoms with Gasteiger partial charge in [-0.2, -0.15) is 0 Å². The van der Waals surface area contributed by atoms with Crippen LogP contribution in [0.15, 0.2) is 30.3 Å². The molecule has 1 atom stereocenters. The topological polar surface area (TPSA) is 9.23 Å². The van der Waals surface area contributed by atoms with Gasteiger partial charge in [-0.05, 0) is 12.1 Å². The van der Waals surface area contributed by atoms with Crippen LogP contribution >= 0.6 is 23.2 Å². The maximum atomic E-state index is 5.65. The van der Waals surface area contributed by atoms with Crippen molar-refractivity contribution < 1.29 is 4.74 Å². The van der Waals surface area contributed by atoms with Crippen molar-refractivity contribution in [3.05, 3.63) is 30.3 Å². The molecule has 0 aromatic heterocycles. The van der Waals surface area contributed by atoms with Crippen molar-refractivity contribution in [3.63, 3.8) is 0 Å². The SMILES string of the molecule is ClCC(Cl)Oc1ccccc1. The second-order valence-electron chi connectivity index (χ2n) is 2.00. The maximum absolute atomic E-state index is 5.65. The maximum Gasteiger partial charge on any atom is 0.185 e. The molecule has 0 saturated heterocycles. The van der Waals surface area contributed by atoms with Gasteiger partial charge in [-0.15, -0.1) is 11.6 Å². The lowest BCUT2D eigenvalue weighted by Crippen LogP contribution is -2.09. The highest BCUT2D eigenvalue weighted by molar-refractivity contribution is 6.27. The fraction of sp³-hybridized carbons (Fsp3) is 0.250. The molecule has 60 valence electrons. The standard InChI is InChI=1S/C8H8Cl2O/c9-6-8(10)11-7-4-2-1-3-5-7/h1-5,8H,6H2. The fourth-order valence-corrected chi connectivity index (χ4v) is 0.844. The minimum absolute atomic E-state index is 0.288. The van der Waals surface area contributed by atoms with Gasteiger partial charge in [0.15, 0.2) is 5.56 Å². The van der Waals surface area contributed by atoms with E-state index in [1.54, 1.807) is 0 Å². The number of hydrogen-bond donors (Lipinski definition) is 0. The van der Waals surface area contributed by atoms with Gasteiger partial charge in [-0.3, -0.25) is 0 Å². The third-order valence-electron chi connectivity index (χ3n) is 1.13. The lowest BCUT2D eigenvalue weighted by atomic mass is 10.3. The van der Waals surface area contributed by atoms with Crippen molar-refractivity contribution in [2.24, 2.45) is 0 Å². The van der Waals surface area contributed by atoms with Crippen LogP contribution in [0.4, 0.5) is 0 Å². The molecule has 0 N–H and O–H groups in total. The Morgan fingerprint density at radius 3 is 2.45 bits per heavy atom. The van der Waals surface area contributed by atoms with Crippen molar-refractivity contribution in [2.45, 2.75) is 5.56 Å². The van der Waals surface area contributed by atoms with E-state index in [1.807, 2.05) is 30.3 Å². The Bertz CT molecular complexity index is 201. The smallest absolute Gasteiger partial charge is 0.185 e. The number of alkyl halides is 2. The van der Waals surface area contributed by atoms with Crippen molar-refractivity contribution in [1.82, 2.24) is 0 Å². The molecule has 1 aromatic rings. The van der Waals surface area contributed by atoms with Gasteiger partial charge in [0, 0.05) is 0 Å². The minimum Gasteiger partial charge on any atom is -0.473 e. The molecule has 0 heterocycles. The lowest BCUT2D eigenvalue weighted by molar-refractivity contribution is 0.304. The van der Waals surface area contributed by atoms with Gasteiger partial charge in [0.25, 0.3) is 0 Å². The summed E-state index contributed by atoms with van der Waals surface area (Å²) in [6.45, 7) is 0. The Hall–Kier alpha value is -0.400. The van der Waals surface area contributed by atoms with Gasteiger partial charge >= 0.3 is 0 Å². The lowest BCUT2D eigenvalue weighted by Gasteiger charge is -2.08. The Labute approximate surface area is 75.9 Å². The normalized spacial score (nSPS) is 12.5. The summed E-state index contributed by atoms with van der Waals surface area (Å²) < 4.78 is 5.20. The number of hydrogen-bond acceptors (Lipinski definition) is 1. The van der Waals surface area contributed by atoms with Gasteiger partial charge in [-0.25, -0.2) is 0 Å². The second-order valence-corrected chi connectivity index (χ2v) is 2.79. The zero-order valence-corrected chi connectivity index (χ0v) is 7.35. The Morgan fingerprint density at radius 2 is 1.91 bits per heavy atom. The van der Waals surface area contributed by atoms with Gasteiger partial charge in [-0.1, -0.05) is 29.8 Å². The van der Waals surface area contributed by atoms with E-state index in [0.717, 1.165) is 5.75 Å². The van der Waals surface area contributed by atoms with Crippen molar-refractivity contribution in [1.29, 1.82) is 0 Å². The van der Waals surface area contributed by atoms with Crippen molar-refractivity contribution in [2.75, 3.05) is 5.88 Å². The van der Waals surface area contributed by atoms with Gasteiger partial charge < -0.3 is 4.74 Å².